The normalized spacial score (nSPS) is 10.3. The van der Waals surface area contributed by atoms with Gasteiger partial charge in [0.05, 0.1) is 12.9 Å². The summed E-state index contributed by atoms with van der Waals surface area (Å²) in [5.74, 6) is 0.977. The van der Waals surface area contributed by atoms with Crippen LogP contribution < -0.4 is 0 Å². The Balaban J connectivity index is -0.000000318. The Kier molecular flexibility index (Phi) is 24.4. The molecule has 0 atom stereocenters. The Labute approximate surface area is 96.5 Å². The van der Waals surface area contributed by atoms with Gasteiger partial charge in [0.25, 0.3) is 0 Å². The maximum absolute atomic E-state index is 5.09. The largest absolute Gasteiger partial charge is 0.501 e. The molecule has 0 heterocycles. The molecule has 0 aromatic heterocycles. The van der Waals surface area contributed by atoms with E-state index in [2.05, 4.69) is 13.5 Å². The zero-order valence-corrected chi connectivity index (χ0v) is 11.6. The van der Waals surface area contributed by atoms with E-state index in [9.17, 15) is 0 Å². The van der Waals surface area contributed by atoms with Crippen LogP contribution in [0.1, 0.15) is 48.0 Å². The number of allylic oxidation sites excluding steroid dienone is 5. The fourth-order valence-corrected chi connectivity index (χ4v) is 0.799. The SMILES string of the molecule is C=C/C=C\C(CC)=C(/C)OC.CC.CC. The summed E-state index contributed by atoms with van der Waals surface area (Å²) < 4.78 is 5.09. The van der Waals surface area contributed by atoms with E-state index in [1.807, 2.05) is 46.8 Å². The molecule has 0 fully saturated rings. The lowest BCUT2D eigenvalue weighted by Crippen LogP contribution is -1.86. The van der Waals surface area contributed by atoms with Crippen LogP contribution in [0, 0.1) is 0 Å². The summed E-state index contributed by atoms with van der Waals surface area (Å²) >= 11 is 0. The number of hydrogen-bond acceptors (Lipinski definition) is 1. The van der Waals surface area contributed by atoms with E-state index in [0.29, 0.717) is 0 Å². The van der Waals surface area contributed by atoms with Crippen molar-refractivity contribution < 1.29 is 4.74 Å². The van der Waals surface area contributed by atoms with Crippen LogP contribution in [0.4, 0.5) is 0 Å². The molecule has 1 heteroatoms. The highest BCUT2D eigenvalue weighted by Gasteiger charge is 1.93. The molecule has 0 rings (SSSR count). The minimum Gasteiger partial charge on any atom is -0.501 e. The Morgan fingerprint density at radius 2 is 1.67 bits per heavy atom. The summed E-state index contributed by atoms with van der Waals surface area (Å²) in [7, 11) is 1.69. The maximum Gasteiger partial charge on any atom is 0.0956 e. The molecule has 0 N–H and O–H groups in total. The van der Waals surface area contributed by atoms with Gasteiger partial charge in [0.1, 0.15) is 0 Å². The Morgan fingerprint density at radius 1 is 1.20 bits per heavy atom. The lowest BCUT2D eigenvalue weighted by atomic mass is 10.1. The van der Waals surface area contributed by atoms with Crippen LogP contribution >= 0.6 is 0 Å². The third-order valence-electron chi connectivity index (χ3n) is 1.57. The van der Waals surface area contributed by atoms with E-state index in [4.69, 9.17) is 4.74 Å². The van der Waals surface area contributed by atoms with Gasteiger partial charge >= 0.3 is 0 Å². The van der Waals surface area contributed by atoms with Crippen LogP contribution in [-0.4, -0.2) is 7.11 Å². The molecule has 1 nitrogen and oxygen atoms in total. The highest BCUT2D eigenvalue weighted by Crippen LogP contribution is 2.09. The first-order valence-electron chi connectivity index (χ1n) is 5.79. The van der Waals surface area contributed by atoms with Gasteiger partial charge in [-0.05, 0) is 18.9 Å². The van der Waals surface area contributed by atoms with Gasteiger partial charge in [-0.2, -0.15) is 0 Å². The first-order valence-corrected chi connectivity index (χ1v) is 5.79. The van der Waals surface area contributed by atoms with Gasteiger partial charge < -0.3 is 4.74 Å². The van der Waals surface area contributed by atoms with Crippen molar-refractivity contribution in [3.63, 3.8) is 0 Å². The highest BCUT2D eigenvalue weighted by molar-refractivity contribution is 5.23. The fraction of sp³-hybridized carbons (Fsp3) is 0.571. The Hall–Kier alpha value is -0.980. The lowest BCUT2D eigenvalue weighted by Gasteiger charge is -2.03. The first-order chi connectivity index (χ1) is 7.26. The number of ether oxygens (including phenoxy) is 1. The Bertz CT molecular complexity index is 176. The van der Waals surface area contributed by atoms with Crippen molar-refractivity contribution in [1.82, 2.24) is 0 Å². The number of hydrogen-bond donors (Lipinski definition) is 0. The van der Waals surface area contributed by atoms with Gasteiger partial charge in [-0.25, -0.2) is 0 Å². The predicted octanol–water partition coefficient (Wildman–Crippen LogP) is 5.11. The van der Waals surface area contributed by atoms with E-state index < -0.39 is 0 Å². The molecule has 0 saturated carbocycles. The van der Waals surface area contributed by atoms with Crippen molar-refractivity contribution in [1.29, 1.82) is 0 Å². The smallest absolute Gasteiger partial charge is 0.0956 e. The summed E-state index contributed by atoms with van der Waals surface area (Å²) in [5, 5.41) is 0. The molecular formula is C14H28O. The van der Waals surface area contributed by atoms with E-state index >= 15 is 0 Å². The molecule has 0 saturated heterocycles. The first kappa shape index (κ1) is 19.6. The van der Waals surface area contributed by atoms with E-state index in [0.717, 1.165) is 12.2 Å². The van der Waals surface area contributed by atoms with Gasteiger partial charge in [-0.15, -0.1) is 0 Å². The van der Waals surface area contributed by atoms with Crippen LogP contribution in [-0.2, 0) is 4.74 Å². The summed E-state index contributed by atoms with van der Waals surface area (Å²) in [6.45, 7) is 15.7. The molecule has 90 valence electrons. The molecule has 0 bridgehead atoms. The average molecular weight is 212 g/mol. The standard InChI is InChI=1S/C10H16O.2C2H6/c1-5-7-8-10(6-2)9(3)11-4;2*1-2/h5,7-8H,1,6H2,2-4H3;2*1-2H3/b8-7-,10-9+;;. The van der Waals surface area contributed by atoms with Crippen molar-refractivity contribution in [2.24, 2.45) is 0 Å². The highest BCUT2D eigenvalue weighted by atomic mass is 16.5. The molecule has 15 heavy (non-hydrogen) atoms. The summed E-state index contributed by atoms with van der Waals surface area (Å²) in [6, 6.07) is 0. The van der Waals surface area contributed by atoms with Crippen molar-refractivity contribution in [2.75, 3.05) is 7.11 Å². The van der Waals surface area contributed by atoms with Crippen molar-refractivity contribution in [3.05, 3.63) is 36.1 Å². The summed E-state index contributed by atoms with van der Waals surface area (Å²) in [6.07, 6.45) is 6.69. The van der Waals surface area contributed by atoms with E-state index in [1.165, 1.54) is 5.57 Å². The van der Waals surface area contributed by atoms with Crippen molar-refractivity contribution >= 4 is 0 Å². The van der Waals surface area contributed by atoms with Gasteiger partial charge in [-0.3, -0.25) is 0 Å². The molecular weight excluding hydrogens is 184 g/mol. The minimum absolute atomic E-state index is 0.977. The fourth-order valence-electron chi connectivity index (χ4n) is 0.799. The quantitative estimate of drug-likeness (QED) is 0.464. The third-order valence-corrected chi connectivity index (χ3v) is 1.57. The maximum atomic E-state index is 5.09. The topological polar surface area (TPSA) is 9.23 Å². The van der Waals surface area contributed by atoms with Crippen LogP contribution in [0.3, 0.4) is 0 Å². The molecule has 0 spiro atoms. The second kappa shape index (κ2) is 18.7. The molecule has 0 aromatic rings. The third kappa shape index (κ3) is 13.0. The zero-order chi connectivity index (χ0) is 12.7. The van der Waals surface area contributed by atoms with Gasteiger partial charge in [0.15, 0.2) is 0 Å². The Morgan fingerprint density at radius 3 is 1.93 bits per heavy atom. The van der Waals surface area contributed by atoms with Gasteiger partial charge in [0, 0.05) is 0 Å². The van der Waals surface area contributed by atoms with Gasteiger partial charge in [-0.1, -0.05) is 59.4 Å². The number of methoxy groups -OCH3 is 1. The molecule has 0 amide bonds. The molecule has 0 unspecified atom stereocenters. The number of rotatable bonds is 4. The van der Waals surface area contributed by atoms with Gasteiger partial charge in [0.2, 0.25) is 0 Å². The summed E-state index contributed by atoms with van der Waals surface area (Å²) in [4.78, 5) is 0. The molecule has 0 aliphatic carbocycles. The second-order valence-electron chi connectivity index (χ2n) is 2.23. The van der Waals surface area contributed by atoms with Crippen LogP contribution in [0.25, 0.3) is 0 Å². The molecule has 0 aliphatic rings. The lowest BCUT2D eigenvalue weighted by molar-refractivity contribution is 0.289. The monoisotopic (exact) mass is 212 g/mol. The van der Waals surface area contributed by atoms with E-state index in [-0.39, 0.29) is 0 Å². The minimum atomic E-state index is 0.977. The predicted molar refractivity (Wildman–Crippen MR) is 72.0 cm³/mol. The van der Waals surface area contributed by atoms with Crippen LogP contribution in [0.2, 0.25) is 0 Å². The molecule has 0 aromatic carbocycles. The van der Waals surface area contributed by atoms with Crippen molar-refractivity contribution in [2.45, 2.75) is 48.0 Å². The average Bonchev–Trinajstić information content (AvgIpc) is 2.34. The van der Waals surface area contributed by atoms with Crippen LogP contribution in [0.15, 0.2) is 36.1 Å². The van der Waals surface area contributed by atoms with Crippen LogP contribution in [0.5, 0.6) is 0 Å². The van der Waals surface area contributed by atoms with Crippen molar-refractivity contribution in [3.8, 4) is 0 Å². The van der Waals surface area contributed by atoms with E-state index in [1.54, 1.807) is 13.2 Å². The second-order valence-corrected chi connectivity index (χ2v) is 2.23. The molecule has 0 radical (unpaired) electrons. The molecule has 0 aliphatic heterocycles. The zero-order valence-electron chi connectivity index (χ0n) is 11.6. The summed E-state index contributed by atoms with van der Waals surface area (Å²) in [5.41, 5.74) is 1.22.